The lowest BCUT2D eigenvalue weighted by molar-refractivity contribution is -0.225. The minimum absolute atomic E-state index is 0.223. The van der Waals surface area contributed by atoms with Crippen molar-refractivity contribution in [3.05, 3.63) is 0 Å². The third-order valence-electron chi connectivity index (χ3n) is 4.99. The van der Waals surface area contributed by atoms with Crippen molar-refractivity contribution >= 4 is 0 Å². The normalized spacial score (nSPS) is 45.6. The fourth-order valence-corrected chi connectivity index (χ4v) is 4.05. The summed E-state index contributed by atoms with van der Waals surface area (Å²) in [6.45, 7) is 0.906. The molecule has 0 amide bonds. The van der Waals surface area contributed by atoms with Gasteiger partial charge in [-0.1, -0.05) is 12.8 Å². The molecule has 3 fully saturated rings. The number of hydrogen-bond donors (Lipinski definition) is 1. The first-order chi connectivity index (χ1) is 6.77. The van der Waals surface area contributed by atoms with Gasteiger partial charge in [-0.3, -0.25) is 0 Å². The second-order valence-electron chi connectivity index (χ2n) is 5.58. The van der Waals surface area contributed by atoms with Crippen LogP contribution in [0, 0.1) is 5.41 Å². The fraction of sp³-hybridized carbons (Fsp3) is 1.00. The van der Waals surface area contributed by atoms with Crippen molar-refractivity contribution in [1.29, 1.82) is 0 Å². The number of fused-ring (bicyclic) bond motifs is 1. The minimum atomic E-state index is 0.223. The van der Waals surface area contributed by atoms with Crippen LogP contribution in [0.3, 0.4) is 0 Å². The summed E-state index contributed by atoms with van der Waals surface area (Å²) in [7, 11) is 0. The van der Waals surface area contributed by atoms with Crippen LogP contribution in [0.25, 0.3) is 0 Å². The summed E-state index contributed by atoms with van der Waals surface area (Å²) in [5.41, 5.74) is 6.87. The van der Waals surface area contributed by atoms with Crippen LogP contribution in [0.15, 0.2) is 0 Å². The summed E-state index contributed by atoms with van der Waals surface area (Å²) in [6.07, 6.45) is 10.5. The Balaban J connectivity index is 1.82. The van der Waals surface area contributed by atoms with E-state index in [-0.39, 0.29) is 5.60 Å². The first-order valence-corrected chi connectivity index (χ1v) is 6.16. The highest BCUT2D eigenvalue weighted by Gasteiger charge is 2.61. The van der Waals surface area contributed by atoms with Gasteiger partial charge in [0.25, 0.3) is 0 Å². The minimum Gasteiger partial charge on any atom is -0.374 e. The molecule has 80 valence electrons. The molecule has 2 atom stereocenters. The predicted octanol–water partition coefficient (Wildman–Crippen LogP) is 2.22. The van der Waals surface area contributed by atoms with Crippen molar-refractivity contribution in [3.63, 3.8) is 0 Å². The molecule has 14 heavy (non-hydrogen) atoms. The topological polar surface area (TPSA) is 35.2 Å². The molecule has 3 aliphatic rings. The lowest BCUT2D eigenvalue weighted by Gasteiger charge is -2.60. The van der Waals surface area contributed by atoms with Gasteiger partial charge in [-0.2, -0.15) is 0 Å². The molecule has 1 heterocycles. The summed E-state index contributed by atoms with van der Waals surface area (Å²) >= 11 is 0. The van der Waals surface area contributed by atoms with E-state index in [4.69, 9.17) is 10.5 Å². The molecule has 0 radical (unpaired) electrons. The van der Waals surface area contributed by atoms with Crippen LogP contribution in [0.4, 0.5) is 0 Å². The Labute approximate surface area is 86.2 Å². The monoisotopic (exact) mass is 195 g/mol. The second-order valence-corrected chi connectivity index (χ2v) is 5.58. The smallest absolute Gasteiger partial charge is 0.0753 e. The Bertz CT molecular complexity index is 234. The Morgan fingerprint density at radius 1 is 1.07 bits per heavy atom. The largest absolute Gasteiger partial charge is 0.374 e. The van der Waals surface area contributed by atoms with Gasteiger partial charge >= 0.3 is 0 Å². The van der Waals surface area contributed by atoms with E-state index in [0.717, 1.165) is 19.4 Å². The molecule has 3 rings (SSSR count). The molecule has 0 aromatic heterocycles. The predicted molar refractivity (Wildman–Crippen MR) is 56.0 cm³/mol. The van der Waals surface area contributed by atoms with Crippen LogP contribution >= 0.6 is 0 Å². The first kappa shape index (κ1) is 9.17. The molecular weight excluding hydrogens is 174 g/mol. The van der Waals surface area contributed by atoms with Crippen LogP contribution in [0.5, 0.6) is 0 Å². The Morgan fingerprint density at radius 2 is 1.86 bits per heavy atom. The van der Waals surface area contributed by atoms with Crippen LogP contribution in [-0.4, -0.2) is 18.2 Å². The number of hydrogen-bond acceptors (Lipinski definition) is 2. The summed E-state index contributed by atoms with van der Waals surface area (Å²) in [6, 6.07) is 0.404. The SMILES string of the molecule is NC1CCOC2(CCC23CCCC3)C1. The van der Waals surface area contributed by atoms with E-state index in [2.05, 4.69) is 0 Å². The van der Waals surface area contributed by atoms with Crippen LogP contribution in [0.2, 0.25) is 0 Å². The molecule has 2 aliphatic carbocycles. The molecule has 1 aliphatic heterocycles. The van der Waals surface area contributed by atoms with Crippen molar-refractivity contribution in [2.24, 2.45) is 11.1 Å². The Kier molecular flexibility index (Phi) is 1.94. The molecule has 2 saturated carbocycles. The van der Waals surface area contributed by atoms with Crippen LogP contribution in [0.1, 0.15) is 51.4 Å². The van der Waals surface area contributed by atoms with Crippen molar-refractivity contribution in [3.8, 4) is 0 Å². The fourth-order valence-electron chi connectivity index (χ4n) is 4.05. The molecular formula is C12H21NO. The van der Waals surface area contributed by atoms with Crippen LogP contribution < -0.4 is 5.73 Å². The standard InChI is InChI=1S/C12H21NO/c13-10-3-8-14-12(9-10)7-6-11(12)4-1-2-5-11/h10H,1-9,13H2. The Hall–Kier alpha value is -0.0800. The van der Waals surface area contributed by atoms with Crippen molar-refractivity contribution in [1.82, 2.24) is 0 Å². The summed E-state index contributed by atoms with van der Waals surface area (Å²) in [5, 5.41) is 0. The van der Waals surface area contributed by atoms with E-state index >= 15 is 0 Å². The third-order valence-corrected chi connectivity index (χ3v) is 4.99. The lowest BCUT2D eigenvalue weighted by atomic mass is 9.53. The number of nitrogens with two attached hydrogens (primary N) is 1. The van der Waals surface area contributed by atoms with Gasteiger partial charge < -0.3 is 10.5 Å². The maximum Gasteiger partial charge on any atom is 0.0753 e. The molecule has 0 aromatic rings. The zero-order chi connectivity index (χ0) is 9.65. The van der Waals surface area contributed by atoms with E-state index in [0.29, 0.717) is 11.5 Å². The maximum atomic E-state index is 6.13. The average molecular weight is 195 g/mol. The van der Waals surface area contributed by atoms with Crippen molar-refractivity contribution in [2.45, 2.75) is 63.0 Å². The van der Waals surface area contributed by atoms with Gasteiger partial charge in [-0.15, -0.1) is 0 Å². The van der Waals surface area contributed by atoms with Crippen molar-refractivity contribution in [2.75, 3.05) is 6.61 Å². The maximum absolute atomic E-state index is 6.13. The second kappa shape index (κ2) is 2.96. The number of ether oxygens (including phenoxy) is 1. The number of rotatable bonds is 0. The van der Waals surface area contributed by atoms with Crippen molar-refractivity contribution < 1.29 is 4.74 Å². The average Bonchev–Trinajstić information content (AvgIpc) is 2.67. The molecule has 2 N–H and O–H groups in total. The van der Waals surface area contributed by atoms with E-state index in [9.17, 15) is 0 Å². The lowest BCUT2D eigenvalue weighted by Crippen LogP contribution is -2.62. The van der Waals surface area contributed by atoms with Gasteiger partial charge in [0.1, 0.15) is 0 Å². The van der Waals surface area contributed by atoms with E-state index in [1.165, 1.54) is 38.5 Å². The molecule has 1 saturated heterocycles. The van der Waals surface area contributed by atoms with Gasteiger partial charge in [0.05, 0.1) is 5.60 Å². The van der Waals surface area contributed by atoms with Crippen LogP contribution in [-0.2, 0) is 4.74 Å². The molecule has 2 unspecified atom stereocenters. The molecule has 2 spiro atoms. The van der Waals surface area contributed by atoms with E-state index < -0.39 is 0 Å². The highest BCUT2D eigenvalue weighted by molar-refractivity contribution is 5.12. The highest BCUT2D eigenvalue weighted by atomic mass is 16.5. The molecule has 0 aromatic carbocycles. The third kappa shape index (κ3) is 1.04. The zero-order valence-corrected chi connectivity index (χ0v) is 8.93. The van der Waals surface area contributed by atoms with E-state index in [1.807, 2.05) is 0 Å². The quantitative estimate of drug-likeness (QED) is 0.643. The molecule has 2 nitrogen and oxygen atoms in total. The van der Waals surface area contributed by atoms with Gasteiger partial charge in [-0.05, 0) is 43.9 Å². The van der Waals surface area contributed by atoms with Gasteiger partial charge in [-0.25, -0.2) is 0 Å². The van der Waals surface area contributed by atoms with E-state index in [1.54, 1.807) is 0 Å². The highest BCUT2D eigenvalue weighted by Crippen LogP contribution is 2.63. The summed E-state index contributed by atoms with van der Waals surface area (Å²) < 4.78 is 6.13. The molecule has 0 bridgehead atoms. The summed E-state index contributed by atoms with van der Waals surface area (Å²) in [5.74, 6) is 0. The summed E-state index contributed by atoms with van der Waals surface area (Å²) in [4.78, 5) is 0. The first-order valence-electron chi connectivity index (χ1n) is 6.16. The van der Waals surface area contributed by atoms with Gasteiger partial charge in [0.2, 0.25) is 0 Å². The zero-order valence-electron chi connectivity index (χ0n) is 8.93. The van der Waals surface area contributed by atoms with Gasteiger partial charge in [0, 0.05) is 12.6 Å². The Morgan fingerprint density at radius 3 is 2.43 bits per heavy atom. The molecule has 2 heteroatoms. The van der Waals surface area contributed by atoms with Gasteiger partial charge in [0.15, 0.2) is 0 Å².